The molecule has 0 bridgehead atoms. The zero-order valence-electron chi connectivity index (χ0n) is 16.5. The van der Waals surface area contributed by atoms with E-state index in [4.69, 9.17) is 14.6 Å². The molecule has 11 nitrogen and oxygen atoms in total. The van der Waals surface area contributed by atoms with Gasteiger partial charge in [0.2, 0.25) is 0 Å². The number of carboxylic acids is 2. The molecule has 32 heavy (non-hydrogen) atoms. The highest BCUT2D eigenvalue weighted by atomic mass is 32.1. The van der Waals surface area contributed by atoms with E-state index in [0.29, 0.717) is 10.4 Å². The van der Waals surface area contributed by atoms with Crippen molar-refractivity contribution in [1.82, 2.24) is 4.90 Å². The molecule has 2 aliphatic heterocycles. The Hall–Kier alpha value is -3.77. The second-order valence-corrected chi connectivity index (χ2v) is 8.12. The molecule has 0 saturated carbocycles. The van der Waals surface area contributed by atoms with Gasteiger partial charge in [-0.1, -0.05) is 6.07 Å². The maximum absolute atomic E-state index is 12.8. The number of aliphatic carboxylic acids is 1. The van der Waals surface area contributed by atoms with E-state index in [0.717, 1.165) is 16.2 Å². The number of methoxy groups -OCH3 is 1. The second-order valence-electron chi connectivity index (χ2n) is 7.01. The Kier molecular flexibility index (Phi) is 5.40. The van der Waals surface area contributed by atoms with Crippen LogP contribution in [0.15, 0.2) is 18.2 Å². The van der Waals surface area contributed by atoms with Crippen LogP contribution in [0.5, 0.6) is 5.75 Å². The van der Waals surface area contributed by atoms with E-state index in [9.17, 15) is 29.1 Å². The lowest BCUT2D eigenvalue weighted by atomic mass is 10.0. The first kappa shape index (κ1) is 21.5. The molecule has 1 aromatic carbocycles. The van der Waals surface area contributed by atoms with Crippen LogP contribution in [0.3, 0.4) is 0 Å². The minimum atomic E-state index is -1.75. The maximum Gasteiger partial charge on any atom is 0.394 e. The van der Waals surface area contributed by atoms with Crippen molar-refractivity contribution in [1.29, 1.82) is 0 Å². The Morgan fingerprint density at radius 3 is 2.66 bits per heavy atom. The standard InChI is InChI=1S/C20H16N2O9S/c1-30-11-4-2-3-9-13(11)18(25)22(17(9)24)6-8-5-10-12(7-31-8)32-16(14(10)19(26)27)21-15(23)20(28)29/h2-4,8H,5-7H2,1H3,(H,21,23)(H,26,27)(H,28,29). The first-order valence-electron chi connectivity index (χ1n) is 9.29. The lowest BCUT2D eigenvalue weighted by molar-refractivity contribution is -0.147. The summed E-state index contributed by atoms with van der Waals surface area (Å²) in [6.45, 7) is -0.124. The minimum absolute atomic E-state index is 0.0135. The third-order valence-corrected chi connectivity index (χ3v) is 6.30. The quantitative estimate of drug-likeness (QED) is 0.440. The van der Waals surface area contributed by atoms with Gasteiger partial charge in [-0.15, -0.1) is 11.3 Å². The summed E-state index contributed by atoms with van der Waals surface area (Å²) >= 11 is 0.911. The maximum atomic E-state index is 12.8. The molecular formula is C20H16N2O9S. The molecule has 2 aromatic rings. The Bertz CT molecular complexity index is 1190. The number of benzene rings is 1. The van der Waals surface area contributed by atoms with Crippen molar-refractivity contribution < 1.29 is 43.7 Å². The third kappa shape index (κ3) is 3.48. The molecular weight excluding hydrogens is 444 g/mol. The van der Waals surface area contributed by atoms with Crippen LogP contribution >= 0.6 is 11.3 Å². The number of carbonyl (C=O) groups is 5. The fraction of sp³-hybridized carbons (Fsp3) is 0.250. The average Bonchev–Trinajstić information content (AvgIpc) is 3.23. The number of amides is 3. The molecule has 0 radical (unpaired) electrons. The number of fused-ring (bicyclic) bond motifs is 2. The van der Waals surface area contributed by atoms with Crippen molar-refractivity contribution in [2.45, 2.75) is 19.1 Å². The first-order valence-corrected chi connectivity index (χ1v) is 10.1. The minimum Gasteiger partial charge on any atom is -0.496 e. The number of rotatable bonds is 5. The van der Waals surface area contributed by atoms with Crippen LogP contribution in [0.25, 0.3) is 0 Å². The van der Waals surface area contributed by atoms with Crippen molar-refractivity contribution in [2.24, 2.45) is 0 Å². The first-order chi connectivity index (χ1) is 15.2. The number of hydrogen-bond acceptors (Lipinski definition) is 8. The zero-order valence-corrected chi connectivity index (χ0v) is 17.4. The van der Waals surface area contributed by atoms with E-state index < -0.39 is 35.8 Å². The summed E-state index contributed by atoms with van der Waals surface area (Å²) in [7, 11) is 1.40. The number of imide groups is 1. The summed E-state index contributed by atoms with van der Waals surface area (Å²) in [5.41, 5.74) is 0.522. The van der Waals surface area contributed by atoms with E-state index in [1.54, 1.807) is 12.1 Å². The molecule has 0 fully saturated rings. The molecule has 0 aliphatic carbocycles. The van der Waals surface area contributed by atoms with Gasteiger partial charge in [0, 0.05) is 11.3 Å². The lowest BCUT2D eigenvalue weighted by Gasteiger charge is -2.26. The van der Waals surface area contributed by atoms with E-state index in [2.05, 4.69) is 5.32 Å². The van der Waals surface area contributed by atoms with Gasteiger partial charge in [0.25, 0.3) is 11.8 Å². The molecule has 1 unspecified atom stereocenters. The SMILES string of the molecule is COc1cccc2c1C(=O)N(CC1Cc3c(sc(NC(=O)C(=O)O)c3C(=O)O)CO1)C2=O. The van der Waals surface area contributed by atoms with Gasteiger partial charge in [0.05, 0.1) is 43.1 Å². The molecule has 4 rings (SSSR count). The Labute approximate surface area is 184 Å². The van der Waals surface area contributed by atoms with Crippen LogP contribution in [0.4, 0.5) is 5.00 Å². The molecule has 0 spiro atoms. The number of aromatic carboxylic acids is 1. The molecule has 166 valence electrons. The molecule has 3 amide bonds. The number of nitrogens with one attached hydrogen (secondary N) is 1. The number of carboxylic acid groups (broad SMARTS) is 2. The normalized spacial score (nSPS) is 17.0. The number of thiophene rings is 1. The second kappa shape index (κ2) is 8.05. The highest BCUT2D eigenvalue weighted by molar-refractivity contribution is 7.17. The fourth-order valence-corrected chi connectivity index (χ4v) is 4.89. The van der Waals surface area contributed by atoms with Crippen molar-refractivity contribution >= 4 is 46.0 Å². The van der Waals surface area contributed by atoms with E-state index in [-0.39, 0.29) is 47.0 Å². The van der Waals surface area contributed by atoms with Gasteiger partial charge in [-0.25, -0.2) is 9.59 Å². The van der Waals surface area contributed by atoms with Crippen molar-refractivity contribution in [3.63, 3.8) is 0 Å². The molecule has 3 N–H and O–H groups in total. The summed E-state index contributed by atoms with van der Waals surface area (Å²) in [6.07, 6.45) is -0.632. The fourth-order valence-electron chi connectivity index (χ4n) is 3.76. The van der Waals surface area contributed by atoms with Gasteiger partial charge < -0.3 is 25.0 Å². The van der Waals surface area contributed by atoms with E-state index in [1.165, 1.54) is 13.2 Å². The van der Waals surface area contributed by atoms with Crippen LogP contribution < -0.4 is 10.1 Å². The van der Waals surface area contributed by atoms with Gasteiger partial charge in [0.1, 0.15) is 10.8 Å². The van der Waals surface area contributed by atoms with Crippen LogP contribution in [-0.4, -0.2) is 64.5 Å². The van der Waals surface area contributed by atoms with Gasteiger partial charge in [0.15, 0.2) is 0 Å². The lowest BCUT2D eigenvalue weighted by Crippen LogP contribution is -2.40. The predicted molar refractivity (Wildman–Crippen MR) is 108 cm³/mol. The van der Waals surface area contributed by atoms with Gasteiger partial charge >= 0.3 is 17.8 Å². The number of carbonyl (C=O) groups excluding carboxylic acids is 3. The number of ether oxygens (including phenoxy) is 2. The van der Waals surface area contributed by atoms with Gasteiger partial charge in [-0.3, -0.25) is 19.3 Å². The van der Waals surface area contributed by atoms with Gasteiger partial charge in [-0.05, 0) is 17.7 Å². The van der Waals surface area contributed by atoms with Crippen molar-refractivity contribution in [3.8, 4) is 5.75 Å². The number of nitrogens with zero attached hydrogens (tertiary/aromatic N) is 1. The predicted octanol–water partition coefficient (Wildman–Crippen LogP) is 1.22. The van der Waals surface area contributed by atoms with Gasteiger partial charge in [-0.2, -0.15) is 0 Å². The average molecular weight is 460 g/mol. The number of anilines is 1. The summed E-state index contributed by atoms with van der Waals surface area (Å²) in [5, 5.41) is 20.4. The molecule has 0 saturated heterocycles. The summed E-state index contributed by atoms with van der Waals surface area (Å²) in [5.74, 6) is -5.20. The molecule has 1 atom stereocenters. The third-order valence-electron chi connectivity index (χ3n) is 5.17. The summed E-state index contributed by atoms with van der Waals surface area (Å²) in [4.78, 5) is 61.3. The van der Waals surface area contributed by atoms with Crippen LogP contribution in [0.2, 0.25) is 0 Å². The molecule has 12 heteroatoms. The van der Waals surface area contributed by atoms with Crippen LogP contribution in [0, 0.1) is 0 Å². The number of hydrogen-bond donors (Lipinski definition) is 3. The largest absolute Gasteiger partial charge is 0.496 e. The van der Waals surface area contributed by atoms with E-state index in [1.807, 2.05) is 0 Å². The Balaban J connectivity index is 1.58. The Morgan fingerprint density at radius 2 is 2.00 bits per heavy atom. The van der Waals surface area contributed by atoms with Crippen LogP contribution in [0.1, 0.15) is 41.5 Å². The summed E-state index contributed by atoms with van der Waals surface area (Å²) in [6, 6.07) is 4.71. The summed E-state index contributed by atoms with van der Waals surface area (Å²) < 4.78 is 10.9. The highest BCUT2D eigenvalue weighted by Gasteiger charge is 2.40. The van der Waals surface area contributed by atoms with Crippen molar-refractivity contribution in [2.75, 3.05) is 19.0 Å². The smallest absolute Gasteiger partial charge is 0.394 e. The topological polar surface area (TPSA) is 160 Å². The molecule has 2 aliphatic rings. The zero-order chi connectivity index (χ0) is 23.2. The molecule has 1 aromatic heterocycles. The van der Waals surface area contributed by atoms with Crippen LogP contribution in [-0.2, 0) is 27.4 Å². The monoisotopic (exact) mass is 460 g/mol. The van der Waals surface area contributed by atoms with E-state index >= 15 is 0 Å². The Morgan fingerprint density at radius 1 is 1.25 bits per heavy atom. The van der Waals surface area contributed by atoms with Crippen molar-refractivity contribution in [3.05, 3.63) is 45.3 Å². The highest BCUT2D eigenvalue weighted by Crippen LogP contribution is 2.39. The molecule has 3 heterocycles.